The molecule has 17 heavy (non-hydrogen) atoms. The third kappa shape index (κ3) is 4.91. The fourth-order valence-corrected chi connectivity index (χ4v) is 1.54. The van der Waals surface area contributed by atoms with E-state index in [4.69, 9.17) is 0 Å². The molecular weight excluding hydrogens is 216 g/mol. The van der Waals surface area contributed by atoms with Gasteiger partial charge in [-0.05, 0) is 31.9 Å². The molecule has 1 saturated carbocycles. The van der Waals surface area contributed by atoms with Crippen molar-refractivity contribution in [2.45, 2.75) is 38.3 Å². The van der Waals surface area contributed by atoms with E-state index in [0.717, 1.165) is 38.0 Å². The predicted molar refractivity (Wildman–Crippen MR) is 64.1 cm³/mol. The van der Waals surface area contributed by atoms with Crippen molar-refractivity contribution in [2.75, 3.05) is 6.54 Å². The SMILES string of the molecule is O=C(CCCNCc1ccncn1)NC1CC1. The molecule has 0 saturated heterocycles. The summed E-state index contributed by atoms with van der Waals surface area (Å²) in [6.45, 7) is 1.56. The van der Waals surface area contributed by atoms with E-state index in [1.807, 2.05) is 6.07 Å². The molecule has 1 aromatic heterocycles. The topological polar surface area (TPSA) is 66.9 Å². The van der Waals surface area contributed by atoms with Gasteiger partial charge in [0, 0.05) is 25.2 Å². The van der Waals surface area contributed by atoms with Crippen LogP contribution in [-0.4, -0.2) is 28.5 Å². The van der Waals surface area contributed by atoms with Crippen LogP contribution in [0.25, 0.3) is 0 Å². The average molecular weight is 234 g/mol. The number of amides is 1. The Morgan fingerprint density at radius 3 is 3.06 bits per heavy atom. The van der Waals surface area contributed by atoms with Gasteiger partial charge in [0.2, 0.25) is 5.91 Å². The van der Waals surface area contributed by atoms with Crippen molar-refractivity contribution in [1.82, 2.24) is 20.6 Å². The number of carbonyl (C=O) groups is 1. The summed E-state index contributed by atoms with van der Waals surface area (Å²) in [4.78, 5) is 19.3. The van der Waals surface area contributed by atoms with Crippen LogP contribution in [0.4, 0.5) is 0 Å². The molecule has 0 bridgehead atoms. The summed E-state index contributed by atoms with van der Waals surface area (Å²) in [6, 6.07) is 2.35. The molecular formula is C12H18N4O. The molecule has 5 nitrogen and oxygen atoms in total. The zero-order valence-electron chi connectivity index (χ0n) is 9.85. The second kappa shape index (κ2) is 6.30. The van der Waals surface area contributed by atoms with Crippen LogP contribution in [0.2, 0.25) is 0 Å². The van der Waals surface area contributed by atoms with E-state index in [-0.39, 0.29) is 5.91 Å². The highest BCUT2D eigenvalue weighted by molar-refractivity contribution is 5.76. The van der Waals surface area contributed by atoms with Crippen LogP contribution in [0.15, 0.2) is 18.6 Å². The number of carbonyl (C=O) groups excluding carboxylic acids is 1. The molecule has 1 aromatic rings. The van der Waals surface area contributed by atoms with Gasteiger partial charge < -0.3 is 10.6 Å². The zero-order chi connectivity index (χ0) is 11.9. The third-order valence-corrected chi connectivity index (χ3v) is 2.65. The van der Waals surface area contributed by atoms with Gasteiger partial charge in [-0.2, -0.15) is 0 Å². The van der Waals surface area contributed by atoms with Gasteiger partial charge in [0.25, 0.3) is 0 Å². The highest BCUT2D eigenvalue weighted by Gasteiger charge is 2.22. The van der Waals surface area contributed by atoms with E-state index in [0.29, 0.717) is 12.5 Å². The molecule has 92 valence electrons. The number of nitrogens with one attached hydrogen (secondary N) is 2. The fraction of sp³-hybridized carbons (Fsp3) is 0.583. The van der Waals surface area contributed by atoms with Gasteiger partial charge >= 0.3 is 0 Å². The minimum atomic E-state index is 0.177. The number of aromatic nitrogens is 2. The summed E-state index contributed by atoms with van der Waals surface area (Å²) in [5.41, 5.74) is 0.974. The average Bonchev–Trinajstić information content (AvgIpc) is 3.14. The van der Waals surface area contributed by atoms with Crippen LogP contribution in [0.1, 0.15) is 31.4 Å². The number of hydrogen-bond donors (Lipinski definition) is 2. The second-order valence-corrected chi connectivity index (χ2v) is 4.32. The molecule has 0 aromatic carbocycles. The number of rotatable bonds is 7. The van der Waals surface area contributed by atoms with Gasteiger partial charge in [0.05, 0.1) is 5.69 Å². The maximum atomic E-state index is 11.4. The minimum Gasteiger partial charge on any atom is -0.353 e. The van der Waals surface area contributed by atoms with Crippen molar-refractivity contribution >= 4 is 5.91 Å². The van der Waals surface area contributed by atoms with Crippen LogP contribution in [0.5, 0.6) is 0 Å². The summed E-state index contributed by atoms with van der Waals surface area (Å²) in [5.74, 6) is 0.177. The normalized spacial score (nSPS) is 14.6. The van der Waals surface area contributed by atoms with Gasteiger partial charge in [-0.25, -0.2) is 9.97 Å². The fourth-order valence-electron chi connectivity index (χ4n) is 1.54. The minimum absolute atomic E-state index is 0.177. The molecule has 1 aliphatic rings. The summed E-state index contributed by atoms with van der Waals surface area (Å²) in [5, 5.41) is 6.23. The molecule has 0 spiro atoms. The van der Waals surface area contributed by atoms with Crippen molar-refractivity contribution in [3.8, 4) is 0 Å². The molecule has 1 amide bonds. The van der Waals surface area contributed by atoms with E-state index in [1.54, 1.807) is 12.5 Å². The van der Waals surface area contributed by atoms with Gasteiger partial charge in [-0.15, -0.1) is 0 Å². The van der Waals surface area contributed by atoms with Crippen LogP contribution in [0.3, 0.4) is 0 Å². The van der Waals surface area contributed by atoms with Crippen molar-refractivity contribution in [3.63, 3.8) is 0 Å². The first-order chi connectivity index (χ1) is 8.34. The molecule has 1 aliphatic carbocycles. The van der Waals surface area contributed by atoms with Crippen LogP contribution < -0.4 is 10.6 Å². The van der Waals surface area contributed by atoms with E-state index in [2.05, 4.69) is 20.6 Å². The Morgan fingerprint density at radius 1 is 1.47 bits per heavy atom. The second-order valence-electron chi connectivity index (χ2n) is 4.32. The predicted octanol–water partition coefficient (Wildman–Crippen LogP) is 0.625. The summed E-state index contributed by atoms with van der Waals surface area (Å²) in [7, 11) is 0. The molecule has 1 heterocycles. The van der Waals surface area contributed by atoms with Crippen molar-refractivity contribution in [3.05, 3.63) is 24.3 Å². The first-order valence-corrected chi connectivity index (χ1v) is 6.09. The maximum Gasteiger partial charge on any atom is 0.220 e. The van der Waals surface area contributed by atoms with Gasteiger partial charge in [-0.3, -0.25) is 4.79 Å². The smallest absolute Gasteiger partial charge is 0.220 e. The molecule has 2 N–H and O–H groups in total. The Balaban J connectivity index is 1.50. The Labute approximate surface area is 101 Å². The van der Waals surface area contributed by atoms with E-state index in [1.165, 1.54) is 0 Å². The van der Waals surface area contributed by atoms with E-state index < -0.39 is 0 Å². The Kier molecular flexibility index (Phi) is 4.44. The van der Waals surface area contributed by atoms with Gasteiger partial charge in [-0.1, -0.05) is 0 Å². The Bertz CT molecular complexity index is 351. The van der Waals surface area contributed by atoms with Gasteiger partial charge in [0.15, 0.2) is 0 Å². The third-order valence-electron chi connectivity index (χ3n) is 2.65. The molecule has 0 unspecified atom stereocenters. The largest absolute Gasteiger partial charge is 0.353 e. The van der Waals surface area contributed by atoms with Gasteiger partial charge in [0.1, 0.15) is 6.33 Å². The lowest BCUT2D eigenvalue weighted by Gasteiger charge is -2.04. The molecule has 0 atom stereocenters. The zero-order valence-corrected chi connectivity index (χ0v) is 9.85. The molecule has 2 rings (SSSR count). The molecule has 0 radical (unpaired) electrons. The van der Waals surface area contributed by atoms with Crippen LogP contribution in [0, 0.1) is 0 Å². The monoisotopic (exact) mass is 234 g/mol. The lowest BCUT2D eigenvalue weighted by atomic mass is 10.3. The van der Waals surface area contributed by atoms with Crippen LogP contribution >= 0.6 is 0 Å². The summed E-state index contributed by atoms with van der Waals surface area (Å²) in [6.07, 6.45) is 7.04. The van der Waals surface area contributed by atoms with Crippen molar-refractivity contribution < 1.29 is 4.79 Å². The molecule has 1 fully saturated rings. The first kappa shape index (κ1) is 12.0. The van der Waals surface area contributed by atoms with E-state index in [9.17, 15) is 4.79 Å². The van der Waals surface area contributed by atoms with E-state index >= 15 is 0 Å². The lowest BCUT2D eigenvalue weighted by Crippen LogP contribution is -2.26. The van der Waals surface area contributed by atoms with Crippen molar-refractivity contribution in [1.29, 1.82) is 0 Å². The first-order valence-electron chi connectivity index (χ1n) is 6.09. The van der Waals surface area contributed by atoms with Crippen molar-refractivity contribution in [2.24, 2.45) is 0 Å². The highest BCUT2D eigenvalue weighted by Crippen LogP contribution is 2.18. The maximum absolute atomic E-state index is 11.4. The number of hydrogen-bond acceptors (Lipinski definition) is 4. The Morgan fingerprint density at radius 2 is 2.35 bits per heavy atom. The number of nitrogens with zero attached hydrogens (tertiary/aromatic N) is 2. The highest BCUT2D eigenvalue weighted by atomic mass is 16.1. The van der Waals surface area contributed by atoms with Crippen LogP contribution in [-0.2, 0) is 11.3 Å². The summed E-state index contributed by atoms with van der Waals surface area (Å²) >= 11 is 0. The molecule has 5 heteroatoms. The molecule has 0 aliphatic heterocycles. The summed E-state index contributed by atoms with van der Waals surface area (Å²) < 4.78 is 0. The quantitative estimate of drug-likeness (QED) is 0.679. The lowest BCUT2D eigenvalue weighted by molar-refractivity contribution is -0.121. The standard InChI is InChI=1S/C12H18N4O/c17-12(16-10-3-4-10)2-1-6-13-8-11-5-7-14-9-15-11/h5,7,9-10,13H,1-4,6,8H2,(H,16,17). The Hall–Kier alpha value is -1.49.